The van der Waals surface area contributed by atoms with Crippen LogP contribution in [-0.4, -0.2) is 30.8 Å². The van der Waals surface area contributed by atoms with Crippen LogP contribution >= 0.6 is 0 Å². The fourth-order valence-corrected chi connectivity index (χ4v) is 2.54. The van der Waals surface area contributed by atoms with E-state index in [9.17, 15) is 18.0 Å². The maximum atomic E-state index is 13.6. The molecule has 0 N–H and O–H groups in total. The van der Waals surface area contributed by atoms with Crippen molar-refractivity contribution in [2.75, 3.05) is 13.6 Å². The van der Waals surface area contributed by atoms with E-state index in [1.54, 1.807) is 24.1 Å². The van der Waals surface area contributed by atoms with Crippen molar-refractivity contribution in [3.8, 4) is 0 Å². The lowest BCUT2D eigenvalue weighted by atomic mass is 10.00. The highest BCUT2D eigenvalue weighted by molar-refractivity contribution is 5.92. The number of benzene rings is 2. The molecule has 2 rings (SSSR count). The molecule has 0 spiro atoms. The van der Waals surface area contributed by atoms with Crippen molar-refractivity contribution < 1.29 is 22.7 Å². The molecule has 0 unspecified atom stereocenters. The van der Waals surface area contributed by atoms with Gasteiger partial charge in [0.25, 0.3) is 0 Å². The zero-order chi connectivity index (χ0) is 20.9. The summed E-state index contributed by atoms with van der Waals surface area (Å²) in [6.07, 6.45) is -3.31. The Kier molecular flexibility index (Phi) is 6.83. The highest BCUT2D eigenvalue weighted by Crippen LogP contribution is 2.40. The van der Waals surface area contributed by atoms with Crippen molar-refractivity contribution >= 4 is 18.0 Å². The molecule has 0 atom stereocenters. The van der Waals surface area contributed by atoms with E-state index in [2.05, 4.69) is 4.99 Å². The molecular weight excluding hydrogens is 369 g/mol. The lowest BCUT2D eigenvalue weighted by molar-refractivity contribution is -0.137. The Morgan fingerprint density at radius 2 is 1.79 bits per heavy atom. The van der Waals surface area contributed by atoms with Crippen LogP contribution in [0.15, 0.2) is 41.4 Å². The molecule has 0 fully saturated rings. The van der Waals surface area contributed by atoms with E-state index in [1.807, 2.05) is 26.0 Å². The van der Waals surface area contributed by atoms with Crippen LogP contribution < -0.4 is 0 Å². The number of ether oxygens (including phenoxy) is 1. The summed E-state index contributed by atoms with van der Waals surface area (Å²) in [5.74, 6) is -0.801. The van der Waals surface area contributed by atoms with E-state index in [4.69, 9.17) is 4.74 Å². The largest absolute Gasteiger partial charge is 0.457 e. The summed E-state index contributed by atoms with van der Waals surface area (Å²) in [4.78, 5) is 18.0. The van der Waals surface area contributed by atoms with Crippen LogP contribution in [0.4, 0.5) is 18.9 Å². The molecule has 0 heterocycles. The van der Waals surface area contributed by atoms with Gasteiger partial charge in [-0.05, 0) is 44.0 Å². The van der Waals surface area contributed by atoms with Gasteiger partial charge >= 0.3 is 12.1 Å². The van der Waals surface area contributed by atoms with Gasteiger partial charge in [-0.25, -0.2) is 9.79 Å². The standard InChI is InChI=1S/C21H23F3N2O2/c1-5-26(4)13-25-18-11-10-17(15(3)19(18)21(22,23)24)20(27)28-12-16-8-6-14(2)7-9-16/h6-11,13H,5,12H2,1-4H3. The monoisotopic (exact) mass is 392 g/mol. The number of hydrogen-bond donors (Lipinski definition) is 0. The maximum absolute atomic E-state index is 13.6. The molecule has 0 saturated heterocycles. The summed E-state index contributed by atoms with van der Waals surface area (Å²) in [7, 11) is 1.71. The second-order valence-corrected chi connectivity index (χ2v) is 6.51. The van der Waals surface area contributed by atoms with Gasteiger partial charge < -0.3 is 9.64 Å². The highest BCUT2D eigenvalue weighted by atomic mass is 19.4. The van der Waals surface area contributed by atoms with Crippen molar-refractivity contribution in [2.45, 2.75) is 33.6 Å². The minimum absolute atomic E-state index is 0.0128. The van der Waals surface area contributed by atoms with Gasteiger partial charge in [-0.15, -0.1) is 0 Å². The molecule has 0 aromatic heterocycles. The average Bonchev–Trinajstić information content (AvgIpc) is 2.64. The van der Waals surface area contributed by atoms with Crippen LogP contribution in [0.1, 0.15) is 39.5 Å². The van der Waals surface area contributed by atoms with Gasteiger partial charge in [0.15, 0.2) is 0 Å². The molecule has 0 aliphatic rings. The number of alkyl halides is 3. The van der Waals surface area contributed by atoms with Gasteiger partial charge in [0, 0.05) is 13.6 Å². The summed E-state index contributed by atoms with van der Waals surface area (Å²) < 4.78 is 46.0. The Balaban J connectivity index is 2.30. The summed E-state index contributed by atoms with van der Waals surface area (Å²) in [5, 5.41) is 0. The maximum Gasteiger partial charge on any atom is 0.418 e. The normalized spacial score (nSPS) is 11.7. The van der Waals surface area contributed by atoms with Gasteiger partial charge in [0.1, 0.15) is 6.61 Å². The first kappa shape index (κ1) is 21.5. The molecular formula is C21H23F3N2O2. The number of hydrogen-bond acceptors (Lipinski definition) is 3. The summed E-state index contributed by atoms with van der Waals surface area (Å²) in [5.41, 5.74) is 0.331. The Morgan fingerprint density at radius 3 is 2.36 bits per heavy atom. The van der Waals surface area contributed by atoms with Crippen LogP contribution in [0.2, 0.25) is 0 Å². The van der Waals surface area contributed by atoms with Crippen molar-refractivity contribution in [1.29, 1.82) is 0 Å². The number of esters is 1. The number of nitrogens with zero attached hydrogens (tertiary/aromatic N) is 2. The third-order valence-electron chi connectivity index (χ3n) is 4.33. The molecule has 2 aromatic carbocycles. The Hall–Kier alpha value is -2.83. The van der Waals surface area contributed by atoms with E-state index in [0.29, 0.717) is 6.54 Å². The molecule has 0 aliphatic carbocycles. The number of aryl methyl sites for hydroxylation is 1. The second kappa shape index (κ2) is 8.91. The number of aliphatic imine (C=N–C) groups is 1. The van der Waals surface area contributed by atoms with E-state index in [0.717, 1.165) is 11.1 Å². The third kappa shape index (κ3) is 5.34. The molecule has 0 radical (unpaired) electrons. The smallest absolute Gasteiger partial charge is 0.418 e. The first-order valence-electron chi connectivity index (χ1n) is 8.81. The predicted molar refractivity (Wildman–Crippen MR) is 103 cm³/mol. The Labute approximate surface area is 162 Å². The average molecular weight is 392 g/mol. The molecule has 150 valence electrons. The molecule has 2 aromatic rings. The van der Waals surface area contributed by atoms with Crippen molar-refractivity contribution in [3.05, 3.63) is 64.2 Å². The van der Waals surface area contributed by atoms with Crippen molar-refractivity contribution in [1.82, 2.24) is 4.90 Å². The van der Waals surface area contributed by atoms with Crippen LogP contribution in [0, 0.1) is 13.8 Å². The Morgan fingerprint density at radius 1 is 1.14 bits per heavy atom. The van der Waals surface area contributed by atoms with Crippen molar-refractivity contribution in [3.63, 3.8) is 0 Å². The topological polar surface area (TPSA) is 41.9 Å². The number of halogens is 3. The van der Waals surface area contributed by atoms with E-state index < -0.39 is 17.7 Å². The number of carbonyl (C=O) groups excluding carboxylic acids is 1. The number of rotatable bonds is 6. The summed E-state index contributed by atoms with van der Waals surface area (Å²) in [6.45, 7) is 5.64. The van der Waals surface area contributed by atoms with Crippen LogP contribution in [-0.2, 0) is 17.5 Å². The molecule has 0 aliphatic heterocycles. The fraction of sp³-hybridized carbons (Fsp3) is 0.333. The molecule has 4 nitrogen and oxygen atoms in total. The Bertz CT molecular complexity index is 859. The van der Waals surface area contributed by atoms with Gasteiger partial charge in [0.05, 0.1) is 23.2 Å². The summed E-state index contributed by atoms with van der Waals surface area (Å²) in [6, 6.07) is 9.86. The quantitative estimate of drug-likeness (QED) is 0.381. The number of carbonyl (C=O) groups is 1. The van der Waals surface area contributed by atoms with Gasteiger partial charge in [-0.1, -0.05) is 29.8 Å². The van der Waals surface area contributed by atoms with E-state index in [1.165, 1.54) is 25.4 Å². The lowest BCUT2D eigenvalue weighted by Crippen LogP contribution is -2.16. The second-order valence-electron chi connectivity index (χ2n) is 6.51. The van der Waals surface area contributed by atoms with Crippen LogP contribution in [0.25, 0.3) is 0 Å². The molecule has 0 saturated carbocycles. The zero-order valence-corrected chi connectivity index (χ0v) is 16.3. The van der Waals surface area contributed by atoms with E-state index in [-0.39, 0.29) is 23.4 Å². The molecule has 28 heavy (non-hydrogen) atoms. The van der Waals surface area contributed by atoms with Gasteiger partial charge in [-0.2, -0.15) is 13.2 Å². The fourth-order valence-electron chi connectivity index (χ4n) is 2.54. The van der Waals surface area contributed by atoms with Crippen LogP contribution in [0.5, 0.6) is 0 Å². The van der Waals surface area contributed by atoms with E-state index >= 15 is 0 Å². The highest BCUT2D eigenvalue weighted by Gasteiger charge is 2.37. The van der Waals surface area contributed by atoms with Crippen LogP contribution in [0.3, 0.4) is 0 Å². The molecule has 0 amide bonds. The SMILES string of the molecule is CCN(C)C=Nc1ccc(C(=O)OCc2ccc(C)cc2)c(C)c1C(F)(F)F. The van der Waals surface area contributed by atoms with Crippen molar-refractivity contribution in [2.24, 2.45) is 4.99 Å². The molecule has 0 bridgehead atoms. The third-order valence-corrected chi connectivity index (χ3v) is 4.33. The first-order valence-corrected chi connectivity index (χ1v) is 8.81. The van der Waals surface area contributed by atoms with Gasteiger partial charge in [0.2, 0.25) is 0 Å². The summed E-state index contributed by atoms with van der Waals surface area (Å²) >= 11 is 0. The zero-order valence-electron chi connectivity index (χ0n) is 16.3. The first-order chi connectivity index (χ1) is 13.1. The predicted octanol–water partition coefficient (Wildman–Crippen LogP) is 5.29. The van der Waals surface area contributed by atoms with Gasteiger partial charge in [-0.3, -0.25) is 0 Å². The minimum Gasteiger partial charge on any atom is -0.457 e. The lowest BCUT2D eigenvalue weighted by Gasteiger charge is -2.17. The molecule has 7 heteroatoms. The minimum atomic E-state index is -4.64.